The SMILES string of the molecule is CC(C)(C)NC(=O)NC1CCN(S(C)(=O)=O)CC1. The van der Waals surface area contributed by atoms with Crippen molar-refractivity contribution in [3.8, 4) is 0 Å². The van der Waals surface area contributed by atoms with Crippen molar-refractivity contribution in [3.63, 3.8) is 0 Å². The van der Waals surface area contributed by atoms with Crippen molar-refractivity contribution < 1.29 is 13.2 Å². The first-order valence-corrected chi connectivity index (χ1v) is 7.96. The lowest BCUT2D eigenvalue weighted by molar-refractivity contribution is 0.219. The molecule has 0 bridgehead atoms. The summed E-state index contributed by atoms with van der Waals surface area (Å²) < 4.78 is 24.1. The van der Waals surface area contributed by atoms with Gasteiger partial charge in [-0.25, -0.2) is 17.5 Å². The highest BCUT2D eigenvalue weighted by atomic mass is 32.2. The maximum Gasteiger partial charge on any atom is 0.315 e. The molecule has 6 nitrogen and oxygen atoms in total. The molecule has 1 fully saturated rings. The number of carbonyl (C=O) groups is 1. The molecule has 1 aliphatic rings. The fourth-order valence-electron chi connectivity index (χ4n) is 1.89. The molecule has 0 aliphatic carbocycles. The van der Waals surface area contributed by atoms with Crippen LogP contribution in [-0.2, 0) is 10.0 Å². The number of urea groups is 1. The van der Waals surface area contributed by atoms with Crippen molar-refractivity contribution in [2.24, 2.45) is 0 Å². The van der Waals surface area contributed by atoms with Gasteiger partial charge in [0, 0.05) is 24.7 Å². The van der Waals surface area contributed by atoms with E-state index in [-0.39, 0.29) is 17.6 Å². The van der Waals surface area contributed by atoms with Gasteiger partial charge in [-0.2, -0.15) is 0 Å². The van der Waals surface area contributed by atoms with Crippen molar-refractivity contribution in [2.45, 2.75) is 45.2 Å². The van der Waals surface area contributed by atoms with Gasteiger partial charge in [0.1, 0.15) is 0 Å². The van der Waals surface area contributed by atoms with Crippen LogP contribution < -0.4 is 10.6 Å². The molecule has 7 heteroatoms. The maximum atomic E-state index is 11.7. The number of nitrogens with one attached hydrogen (secondary N) is 2. The van der Waals surface area contributed by atoms with Gasteiger partial charge in [-0.1, -0.05) is 0 Å². The Morgan fingerprint density at radius 2 is 1.72 bits per heavy atom. The number of sulfonamides is 1. The van der Waals surface area contributed by atoms with Crippen LogP contribution in [-0.4, -0.2) is 49.7 Å². The molecule has 18 heavy (non-hydrogen) atoms. The van der Waals surface area contributed by atoms with E-state index in [2.05, 4.69) is 10.6 Å². The smallest absolute Gasteiger partial charge is 0.315 e. The molecule has 0 unspecified atom stereocenters. The second-order valence-electron chi connectivity index (χ2n) is 5.78. The van der Waals surface area contributed by atoms with Crippen molar-refractivity contribution in [1.82, 2.24) is 14.9 Å². The molecule has 1 saturated heterocycles. The predicted molar refractivity (Wildman–Crippen MR) is 70.9 cm³/mol. The van der Waals surface area contributed by atoms with E-state index < -0.39 is 10.0 Å². The molecule has 1 aliphatic heterocycles. The molecule has 0 saturated carbocycles. The van der Waals surface area contributed by atoms with Gasteiger partial charge in [-0.05, 0) is 33.6 Å². The Morgan fingerprint density at radius 3 is 2.11 bits per heavy atom. The fourth-order valence-corrected chi connectivity index (χ4v) is 2.77. The number of amides is 2. The third kappa shape index (κ3) is 5.22. The highest BCUT2D eigenvalue weighted by Crippen LogP contribution is 2.13. The van der Waals surface area contributed by atoms with E-state index in [1.54, 1.807) is 0 Å². The van der Waals surface area contributed by atoms with Crippen LogP contribution in [0.15, 0.2) is 0 Å². The Balaban J connectivity index is 2.38. The maximum absolute atomic E-state index is 11.7. The van der Waals surface area contributed by atoms with Gasteiger partial charge < -0.3 is 10.6 Å². The van der Waals surface area contributed by atoms with Gasteiger partial charge >= 0.3 is 6.03 Å². The van der Waals surface area contributed by atoms with Gasteiger partial charge in [0.05, 0.1) is 6.26 Å². The molecule has 0 aromatic rings. The number of rotatable bonds is 2. The summed E-state index contributed by atoms with van der Waals surface area (Å²) >= 11 is 0. The molecule has 0 aromatic heterocycles. The lowest BCUT2D eigenvalue weighted by Crippen LogP contribution is -2.52. The summed E-state index contributed by atoms with van der Waals surface area (Å²) in [5, 5.41) is 5.70. The molecule has 0 atom stereocenters. The van der Waals surface area contributed by atoms with Crippen LogP contribution in [0.3, 0.4) is 0 Å². The second-order valence-corrected chi connectivity index (χ2v) is 7.77. The standard InChI is InChI=1S/C11H23N3O3S/c1-11(2,3)13-10(15)12-9-5-7-14(8-6-9)18(4,16)17/h9H,5-8H2,1-4H3,(H2,12,13,15). The Morgan fingerprint density at radius 1 is 1.22 bits per heavy atom. The van der Waals surface area contributed by atoms with Crippen LogP contribution in [0.2, 0.25) is 0 Å². The third-order valence-corrected chi connectivity index (χ3v) is 4.05. The zero-order valence-electron chi connectivity index (χ0n) is 11.5. The Labute approximate surface area is 109 Å². The molecule has 2 amide bonds. The summed E-state index contributed by atoms with van der Waals surface area (Å²) in [5.41, 5.74) is -0.266. The monoisotopic (exact) mass is 277 g/mol. The number of carbonyl (C=O) groups excluding carboxylic acids is 1. The number of piperidine rings is 1. The second kappa shape index (κ2) is 5.44. The summed E-state index contributed by atoms with van der Waals surface area (Å²) in [5.74, 6) is 0. The van der Waals surface area contributed by atoms with Gasteiger partial charge in [-0.15, -0.1) is 0 Å². The van der Waals surface area contributed by atoms with E-state index in [4.69, 9.17) is 0 Å². The summed E-state index contributed by atoms with van der Waals surface area (Å²) in [4.78, 5) is 11.7. The molecule has 106 valence electrons. The summed E-state index contributed by atoms with van der Waals surface area (Å²) in [7, 11) is -3.10. The zero-order valence-corrected chi connectivity index (χ0v) is 12.3. The Bertz CT molecular complexity index is 392. The lowest BCUT2D eigenvalue weighted by Gasteiger charge is -2.31. The van der Waals surface area contributed by atoms with E-state index in [1.807, 2.05) is 20.8 Å². The van der Waals surface area contributed by atoms with Gasteiger partial charge in [-0.3, -0.25) is 0 Å². The lowest BCUT2D eigenvalue weighted by atomic mass is 10.1. The average Bonchev–Trinajstić information content (AvgIpc) is 2.13. The molecule has 1 rings (SSSR count). The van der Waals surface area contributed by atoms with Crippen LogP contribution in [0, 0.1) is 0 Å². The minimum absolute atomic E-state index is 0.0466. The molecule has 0 aromatic carbocycles. The van der Waals surface area contributed by atoms with Gasteiger partial charge in [0.2, 0.25) is 10.0 Å². The van der Waals surface area contributed by atoms with Crippen LogP contribution in [0.25, 0.3) is 0 Å². The van der Waals surface area contributed by atoms with Crippen molar-refractivity contribution >= 4 is 16.1 Å². The minimum Gasteiger partial charge on any atom is -0.335 e. The molecule has 2 N–H and O–H groups in total. The number of hydrogen-bond donors (Lipinski definition) is 2. The molecular formula is C11H23N3O3S. The predicted octanol–water partition coefficient (Wildman–Crippen LogP) is 0.508. The zero-order chi connectivity index (χ0) is 14.0. The van der Waals surface area contributed by atoms with E-state index in [0.717, 1.165) is 0 Å². The molecule has 0 radical (unpaired) electrons. The number of hydrogen-bond acceptors (Lipinski definition) is 3. The summed E-state index contributed by atoms with van der Waals surface area (Å²) in [6, 6.07) is -0.148. The number of nitrogens with zero attached hydrogens (tertiary/aromatic N) is 1. The van der Waals surface area contributed by atoms with E-state index >= 15 is 0 Å². The molecule has 0 spiro atoms. The largest absolute Gasteiger partial charge is 0.335 e. The first-order chi connectivity index (χ1) is 8.08. The normalized spacial score (nSPS) is 19.6. The third-order valence-electron chi connectivity index (χ3n) is 2.75. The van der Waals surface area contributed by atoms with Crippen molar-refractivity contribution in [2.75, 3.05) is 19.3 Å². The minimum atomic E-state index is -3.10. The van der Waals surface area contributed by atoms with E-state index in [1.165, 1.54) is 10.6 Å². The van der Waals surface area contributed by atoms with Crippen molar-refractivity contribution in [1.29, 1.82) is 0 Å². The van der Waals surface area contributed by atoms with Crippen LogP contribution in [0.1, 0.15) is 33.6 Å². The molecule has 1 heterocycles. The van der Waals surface area contributed by atoms with Crippen LogP contribution in [0.5, 0.6) is 0 Å². The Kier molecular flexibility index (Phi) is 4.61. The van der Waals surface area contributed by atoms with Crippen LogP contribution in [0.4, 0.5) is 4.79 Å². The topological polar surface area (TPSA) is 78.5 Å². The van der Waals surface area contributed by atoms with E-state index in [9.17, 15) is 13.2 Å². The summed E-state index contributed by atoms with van der Waals surface area (Å²) in [6.45, 7) is 6.69. The Hall–Kier alpha value is -0.820. The fraction of sp³-hybridized carbons (Fsp3) is 0.909. The van der Waals surface area contributed by atoms with E-state index in [0.29, 0.717) is 25.9 Å². The van der Waals surface area contributed by atoms with Gasteiger partial charge in [0.15, 0.2) is 0 Å². The average molecular weight is 277 g/mol. The first-order valence-electron chi connectivity index (χ1n) is 6.12. The first kappa shape index (κ1) is 15.2. The molecular weight excluding hydrogens is 254 g/mol. The quantitative estimate of drug-likeness (QED) is 0.772. The summed E-state index contributed by atoms with van der Waals surface area (Å²) in [6.07, 6.45) is 2.53. The van der Waals surface area contributed by atoms with Gasteiger partial charge in [0.25, 0.3) is 0 Å². The van der Waals surface area contributed by atoms with Crippen molar-refractivity contribution in [3.05, 3.63) is 0 Å². The van der Waals surface area contributed by atoms with Crippen LogP contribution >= 0.6 is 0 Å². The highest BCUT2D eigenvalue weighted by molar-refractivity contribution is 7.88. The highest BCUT2D eigenvalue weighted by Gasteiger charge is 2.26.